The van der Waals surface area contributed by atoms with Crippen molar-refractivity contribution in [2.75, 3.05) is 6.61 Å². The summed E-state index contributed by atoms with van der Waals surface area (Å²) in [4.78, 5) is 11.7. The lowest BCUT2D eigenvalue weighted by Crippen LogP contribution is -2.04. The van der Waals surface area contributed by atoms with Gasteiger partial charge in [0, 0.05) is 6.08 Å². The Morgan fingerprint density at radius 2 is 1.62 bits per heavy atom. The molecule has 0 radical (unpaired) electrons. The zero-order chi connectivity index (χ0) is 18.5. The van der Waals surface area contributed by atoms with Crippen LogP contribution in [0.1, 0.15) is 80.6 Å². The molecule has 0 bridgehead atoms. The molecule has 0 unspecified atom stereocenters. The zero-order valence-corrected chi connectivity index (χ0v) is 16.9. The molecule has 24 heavy (non-hydrogen) atoms. The summed E-state index contributed by atoms with van der Waals surface area (Å²) < 4.78 is 5.04. The average Bonchev–Trinajstić information content (AvgIpc) is 2.45. The zero-order valence-electron chi connectivity index (χ0n) is 16.9. The Morgan fingerprint density at radius 1 is 1.00 bits per heavy atom. The van der Waals surface area contributed by atoms with Crippen LogP contribution in [0.2, 0.25) is 0 Å². The van der Waals surface area contributed by atoms with Crippen molar-refractivity contribution in [1.29, 1.82) is 0 Å². The van der Waals surface area contributed by atoms with E-state index in [9.17, 15) is 4.79 Å². The van der Waals surface area contributed by atoms with Gasteiger partial charge in [-0.25, -0.2) is 4.79 Å². The van der Waals surface area contributed by atoms with Gasteiger partial charge in [0.25, 0.3) is 0 Å². The predicted octanol–water partition coefficient (Wildman–Crippen LogP) is 6.63. The van der Waals surface area contributed by atoms with Gasteiger partial charge in [0.2, 0.25) is 0 Å². The van der Waals surface area contributed by atoms with E-state index in [1.54, 1.807) is 11.6 Å². The predicted molar refractivity (Wildman–Crippen MR) is 105 cm³/mol. The van der Waals surface area contributed by atoms with Crippen molar-refractivity contribution in [3.05, 3.63) is 34.9 Å². The molecule has 0 aliphatic carbocycles. The van der Waals surface area contributed by atoms with Crippen molar-refractivity contribution in [2.24, 2.45) is 11.8 Å². The number of allylic oxidation sites excluding steroid dienone is 5. The highest BCUT2D eigenvalue weighted by Crippen LogP contribution is 2.21. The van der Waals surface area contributed by atoms with Gasteiger partial charge in [-0.15, -0.1) is 0 Å². The fourth-order valence-electron chi connectivity index (χ4n) is 2.66. The Kier molecular flexibility index (Phi) is 12.3. The number of rotatable bonds is 11. The lowest BCUT2D eigenvalue weighted by molar-refractivity contribution is -0.137. The normalized spacial score (nSPS) is 12.7. The van der Waals surface area contributed by atoms with E-state index in [1.807, 2.05) is 6.92 Å². The molecule has 0 rings (SSSR count). The van der Waals surface area contributed by atoms with Crippen LogP contribution in [0, 0.1) is 11.8 Å². The number of esters is 1. The number of carbonyl (C=O) groups excluding carboxylic acids is 1. The molecule has 0 atom stereocenters. The van der Waals surface area contributed by atoms with Gasteiger partial charge in [-0.1, -0.05) is 56.6 Å². The van der Waals surface area contributed by atoms with E-state index in [1.165, 1.54) is 11.1 Å². The van der Waals surface area contributed by atoms with Crippen molar-refractivity contribution in [3.8, 4) is 0 Å². The molecular weight excluding hydrogens is 296 g/mol. The van der Waals surface area contributed by atoms with Gasteiger partial charge in [-0.05, 0) is 64.7 Å². The minimum absolute atomic E-state index is 0.212. The summed E-state index contributed by atoms with van der Waals surface area (Å²) >= 11 is 0. The number of carbonyl (C=O) groups is 1. The van der Waals surface area contributed by atoms with Gasteiger partial charge < -0.3 is 4.74 Å². The van der Waals surface area contributed by atoms with Gasteiger partial charge in [-0.3, -0.25) is 0 Å². The van der Waals surface area contributed by atoms with Crippen molar-refractivity contribution < 1.29 is 9.53 Å². The quantitative estimate of drug-likeness (QED) is 0.241. The van der Waals surface area contributed by atoms with Crippen molar-refractivity contribution in [3.63, 3.8) is 0 Å². The molecule has 0 spiro atoms. The van der Waals surface area contributed by atoms with E-state index in [0.29, 0.717) is 18.4 Å². The second-order valence-corrected chi connectivity index (χ2v) is 7.45. The molecule has 0 aromatic carbocycles. The first kappa shape index (κ1) is 22.7. The van der Waals surface area contributed by atoms with Crippen LogP contribution < -0.4 is 0 Å². The van der Waals surface area contributed by atoms with E-state index in [2.05, 4.69) is 53.7 Å². The molecule has 0 fully saturated rings. The van der Waals surface area contributed by atoms with Crippen LogP contribution in [0.15, 0.2) is 34.9 Å². The number of ether oxygens (including phenoxy) is 1. The molecule has 0 amide bonds. The number of hydrogen-bond acceptors (Lipinski definition) is 2. The first-order valence-electron chi connectivity index (χ1n) is 9.44. The van der Waals surface area contributed by atoms with Crippen LogP contribution >= 0.6 is 0 Å². The van der Waals surface area contributed by atoms with E-state index in [0.717, 1.165) is 32.1 Å². The summed E-state index contributed by atoms with van der Waals surface area (Å²) in [5.41, 5.74) is 4.11. The molecule has 0 aliphatic heterocycles. The Balaban J connectivity index is 4.78. The molecular formula is C22H38O2. The van der Waals surface area contributed by atoms with Crippen molar-refractivity contribution in [1.82, 2.24) is 0 Å². The summed E-state index contributed by atoms with van der Waals surface area (Å²) in [5, 5.41) is 0. The summed E-state index contributed by atoms with van der Waals surface area (Å²) in [5.74, 6) is 0.848. The highest BCUT2D eigenvalue weighted by atomic mass is 16.5. The van der Waals surface area contributed by atoms with Crippen LogP contribution in [-0.4, -0.2) is 12.6 Å². The maximum absolute atomic E-state index is 11.7. The molecule has 0 saturated heterocycles. The van der Waals surface area contributed by atoms with Gasteiger partial charge in [0.1, 0.15) is 0 Å². The van der Waals surface area contributed by atoms with Crippen LogP contribution in [0.25, 0.3) is 0 Å². The maximum Gasteiger partial charge on any atom is 0.330 e. The van der Waals surface area contributed by atoms with Crippen LogP contribution in [0.3, 0.4) is 0 Å². The Hall–Kier alpha value is -1.31. The molecule has 0 saturated carbocycles. The largest absolute Gasteiger partial charge is 0.463 e. The molecule has 2 heteroatoms. The fraction of sp³-hybridized carbons (Fsp3) is 0.682. The highest BCUT2D eigenvalue weighted by Gasteiger charge is 2.07. The van der Waals surface area contributed by atoms with Crippen LogP contribution in [-0.2, 0) is 9.53 Å². The first-order chi connectivity index (χ1) is 11.3. The van der Waals surface area contributed by atoms with Crippen LogP contribution in [0.4, 0.5) is 0 Å². The Bertz CT molecular complexity index is 447. The molecule has 0 aromatic rings. The molecule has 138 valence electrons. The number of hydrogen-bond donors (Lipinski definition) is 0. The van der Waals surface area contributed by atoms with Gasteiger partial charge in [0.05, 0.1) is 6.61 Å². The highest BCUT2D eigenvalue weighted by molar-refractivity contribution is 5.82. The van der Waals surface area contributed by atoms with E-state index < -0.39 is 0 Å². The van der Waals surface area contributed by atoms with E-state index in [-0.39, 0.29) is 5.97 Å². The third-order valence-electron chi connectivity index (χ3n) is 3.89. The maximum atomic E-state index is 11.7. The average molecular weight is 335 g/mol. The monoisotopic (exact) mass is 334 g/mol. The standard InChI is InChI=1S/C22H38O2/c1-8-24-22(23)16-21(19(6)7)14-10-13-20(15-18(4)5)12-9-11-17(2)3/h11,13,16,18-19H,8-10,12,14-15H2,1-7H3/b20-13-,21-16-. The topological polar surface area (TPSA) is 26.3 Å². The Morgan fingerprint density at radius 3 is 2.12 bits per heavy atom. The molecule has 0 heterocycles. The lowest BCUT2D eigenvalue weighted by Gasteiger charge is -2.12. The second kappa shape index (κ2) is 13.0. The second-order valence-electron chi connectivity index (χ2n) is 7.45. The molecule has 0 aromatic heterocycles. The minimum atomic E-state index is -0.212. The summed E-state index contributed by atoms with van der Waals surface area (Å²) in [6.45, 7) is 15.4. The summed E-state index contributed by atoms with van der Waals surface area (Å²) in [6, 6.07) is 0. The van der Waals surface area contributed by atoms with E-state index >= 15 is 0 Å². The van der Waals surface area contributed by atoms with E-state index in [4.69, 9.17) is 4.74 Å². The molecule has 0 aliphatic rings. The van der Waals surface area contributed by atoms with Crippen LogP contribution in [0.5, 0.6) is 0 Å². The summed E-state index contributed by atoms with van der Waals surface area (Å²) in [7, 11) is 0. The molecule has 0 N–H and O–H groups in total. The minimum Gasteiger partial charge on any atom is -0.463 e. The van der Waals surface area contributed by atoms with Crippen molar-refractivity contribution >= 4 is 5.97 Å². The third-order valence-corrected chi connectivity index (χ3v) is 3.89. The lowest BCUT2D eigenvalue weighted by atomic mass is 9.94. The van der Waals surface area contributed by atoms with Crippen molar-refractivity contribution in [2.45, 2.75) is 80.6 Å². The Labute approximate surface area is 150 Å². The summed E-state index contributed by atoms with van der Waals surface area (Å²) in [6.07, 6.45) is 11.7. The third kappa shape index (κ3) is 12.2. The van der Waals surface area contributed by atoms with Gasteiger partial charge >= 0.3 is 5.97 Å². The first-order valence-corrected chi connectivity index (χ1v) is 9.44. The van der Waals surface area contributed by atoms with Gasteiger partial charge in [-0.2, -0.15) is 0 Å². The smallest absolute Gasteiger partial charge is 0.330 e. The SMILES string of the molecule is CCOC(=O)/C=C(/CC/C=C(/CCC=C(C)C)CC(C)C)C(C)C. The molecule has 2 nitrogen and oxygen atoms in total. The van der Waals surface area contributed by atoms with Gasteiger partial charge in [0.15, 0.2) is 0 Å². The fourth-order valence-corrected chi connectivity index (χ4v) is 2.66.